The van der Waals surface area contributed by atoms with Crippen molar-refractivity contribution in [3.63, 3.8) is 0 Å². The number of thioether (sulfide) groups is 1. The summed E-state index contributed by atoms with van der Waals surface area (Å²) in [6.45, 7) is 12.4. The lowest BCUT2D eigenvalue weighted by atomic mass is 9.89. The van der Waals surface area contributed by atoms with Crippen LogP contribution in [0.25, 0.3) is 0 Å². The summed E-state index contributed by atoms with van der Waals surface area (Å²) in [4.78, 5) is 4.58. The number of nitrogens with zero attached hydrogens (tertiary/aromatic N) is 1. The fraction of sp³-hybridized carbons (Fsp3) is 0.938. The van der Waals surface area contributed by atoms with Gasteiger partial charge in [-0.2, -0.15) is 11.8 Å². The molecule has 2 unspecified atom stereocenters. The third kappa shape index (κ3) is 7.96. The standard InChI is InChI=1S/C16H33N3OS/c1-6-17-14(18-11-16(20)9-10-21-12-16)19-13(2)7-8-15(3,4)5/h13,20H,6-12H2,1-5H3,(H2,17,18,19). The Morgan fingerprint density at radius 3 is 2.67 bits per heavy atom. The molecule has 124 valence electrons. The minimum atomic E-state index is -0.609. The average molecular weight is 316 g/mol. The Labute approximate surface area is 134 Å². The molecule has 4 nitrogen and oxygen atoms in total. The van der Waals surface area contributed by atoms with Crippen molar-refractivity contribution >= 4 is 17.7 Å². The lowest BCUT2D eigenvalue weighted by molar-refractivity contribution is 0.0778. The molecule has 1 heterocycles. The normalized spacial score (nSPS) is 25.0. The second-order valence-corrected chi connectivity index (χ2v) is 8.47. The van der Waals surface area contributed by atoms with Crippen molar-refractivity contribution in [1.82, 2.24) is 10.6 Å². The van der Waals surface area contributed by atoms with E-state index < -0.39 is 5.60 Å². The molecule has 1 aliphatic rings. The Bertz CT molecular complexity index is 333. The SMILES string of the molecule is CCNC(=NCC1(O)CCSC1)NC(C)CCC(C)(C)C. The first kappa shape index (κ1) is 18.6. The summed E-state index contributed by atoms with van der Waals surface area (Å²) in [6.07, 6.45) is 3.15. The van der Waals surface area contributed by atoms with Crippen LogP contribution in [-0.2, 0) is 0 Å². The van der Waals surface area contributed by atoms with Gasteiger partial charge >= 0.3 is 0 Å². The summed E-state index contributed by atoms with van der Waals surface area (Å²) < 4.78 is 0. The van der Waals surface area contributed by atoms with E-state index >= 15 is 0 Å². The largest absolute Gasteiger partial charge is 0.387 e. The molecule has 1 saturated heterocycles. The van der Waals surface area contributed by atoms with Gasteiger partial charge in [0.25, 0.3) is 0 Å². The van der Waals surface area contributed by atoms with Gasteiger partial charge in [0.2, 0.25) is 0 Å². The van der Waals surface area contributed by atoms with E-state index in [9.17, 15) is 5.11 Å². The highest BCUT2D eigenvalue weighted by Crippen LogP contribution is 2.27. The fourth-order valence-electron chi connectivity index (χ4n) is 2.22. The highest BCUT2D eigenvalue weighted by atomic mass is 32.2. The summed E-state index contributed by atoms with van der Waals surface area (Å²) in [5, 5.41) is 17.1. The van der Waals surface area contributed by atoms with Crippen LogP contribution in [0.4, 0.5) is 0 Å². The van der Waals surface area contributed by atoms with Gasteiger partial charge in [0, 0.05) is 18.3 Å². The molecule has 0 amide bonds. The minimum Gasteiger partial charge on any atom is -0.387 e. The fourth-order valence-corrected chi connectivity index (χ4v) is 3.51. The highest BCUT2D eigenvalue weighted by Gasteiger charge is 2.31. The average Bonchev–Trinajstić information content (AvgIpc) is 2.81. The molecule has 2 atom stereocenters. The topological polar surface area (TPSA) is 56.7 Å². The Kier molecular flexibility index (Phi) is 7.34. The number of hydrogen-bond acceptors (Lipinski definition) is 3. The molecule has 0 bridgehead atoms. The van der Waals surface area contributed by atoms with Crippen molar-refractivity contribution in [2.24, 2.45) is 10.4 Å². The smallest absolute Gasteiger partial charge is 0.191 e. The first-order valence-corrected chi connectivity index (χ1v) is 9.24. The molecule has 5 heteroatoms. The van der Waals surface area contributed by atoms with E-state index in [2.05, 4.69) is 50.2 Å². The van der Waals surface area contributed by atoms with Crippen LogP contribution in [0, 0.1) is 5.41 Å². The molecule has 0 aromatic heterocycles. The van der Waals surface area contributed by atoms with Gasteiger partial charge in [-0.3, -0.25) is 4.99 Å². The quantitative estimate of drug-likeness (QED) is 0.521. The lowest BCUT2D eigenvalue weighted by Gasteiger charge is -2.24. The number of hydrogen-bond donors (Lipinski definition) is 3. The second kappa shape index (κ2) is 8.28. The zero-order valence-corrected chi connectivity index (χ0v) is 15.1. The minimum absolute atomic E-state index is 0.363. The summed E-state index contributed by atoms with van der Waals surface area (Å²) >= 11 is 1.81. The van der Waals surface area contributed by atoms with Crippen molar-refractivity contribution in [2.75, 3.05) is 24.6 Å². The van der Waals surface area contributed by atoms with Crippen molar-refractivity contribution in [3.05, 3.63) is 0 Å². The van der Waals surface area contributed by atoms with Crippen molar-refractivity contribution in [3.8, 4) is 0 Å². The molecule has 1 fully saturated rings. The first-order valence-electron chi connectivity index (χ1n) is 8.09. The molecular weight excluding hydrogens is 282 g/mol. The van der Waals surface area contributed by atoms with Gasteiger partial charge in [-0.1, -0.05) is 20.8 Å². The van der Waals surface area contributed by atoms with Crippen LogP contribution >= 0.6 is 11.8 Å². The lowest BCUT2D eigenvalue weighted by Crippen LogP contribution is -2.44. The predicted octanol–water partition coefficient (Wildman–Crippen LogP) is 2.62. The molecule has 0 saturated carbocycles. The van der Waals surface area contributed by atoms with E-state index in [1.54, 1.807) is 0 Å². The monoisotopic (exact) mass is 315 g/mol. The van der Waals surface area contributed by atoms with Crippen LogP contribution in [-0.4, -0.2) is 47.3 Å². The van der Waals surface area contributed by atoms with E-state index in [1.807, 2.05) is 11.8 Å². The summed E-state index contributed by atoms with van der Waals surface area (Å²) in [5.41, 5.74) is -0.247. The van der Waals surface area contributed by atoms with Crippen molar-refractivity contribution < 1.29 is 5.11 Å². The number of nitrogens with one attached hydrogen (secondary N) is 2. The summed E-state index contributed by atoms with van der Waals surface area (Å²) in [5.74, 6) is 2.66. The van der Waals surface area contributed by atoms with Crippen molar-refractivity contribution in [1.29, 1.82) is 0 Å². The van der Waals surface area contributed by atoms with E-state index in [0.717, 1.165) is 36.9 Å². The maximum atomic E-state index is 10.4. The first-order chi connectivity index (χ1) is 9.74. The van der Waals surface area contributed by atoms with Gasteiger partial charge in [0.1, 0.15) is 0 Å². The molecule has 21 heavy (non-hydrogen) atoms. The van der Waals surface area contributed by atoms with Gasteiger partial charge in [0.15, 0.2) is 5.96 Å². The van der Waals surface area contributed by atoms with Gasteiger partial charge in [0.05, 0.1) is 12.1 Å². The maximum Gasteiger partial charge on any atom is 0.191 e. The predicted molar refractivity (Wildman–Crippen MR) is 94.2 cm³/mol. The maximum absolute atomic E-state index is 10.4. The van der Waals surface area contributed by atoms with Crippen LogP contribution in [0.15, 0.2) is 4.99 Å². The Morgan fingerprint density at radius 1 is 1.43 bits per heavy atom. The van der Waals surface area contributed by atoms with Gasteiger partial charge in [-0.05, 0) is 44.3 Å². The molecule has 0 spiro atoms. The summed E-state index contributed by atoms with van der Waals surface area (Å²) in [6, 6.07) is 0.384. The molecule has 1 rings (SSSR count). The molecular formula is C16H33N3OS. The van der Waals surface area contributed by atoms with Crippen LogP contribution in [0.1, 0.15) is 53.9 Å². The van der Waals surface area contributed by atoms with Crippen LogP contribution in [0.3, 0.4) is 0 Å². The van der Waals surface area contributed by atoms with Crippen LogP contribution in [0.2, 0.25) is 0 Å². The highest BCUT2D eigenvalue weighted by molar-refractivity contribution is 7.99. The van der Waals surface area contributed by atoms with E-state index in [1.165, 1.54) is 6.42 Å². The molecule has 3 N–H and O–H groups in total. The number of aliphatic hydroxyl groups is 1. The molecule has 0 radical (unpaired) electrons. The number of aliphatic imine (C=N–C) groups is 1. The molecule has 0 aliphatic carbocycles. The molecule has 0 aromatic rings. The Morgan fingerprint density at radius 2 is 2.14 bits per heavy atom. The van der Waals surface area contributed by atoms with Gasteiger partial charge in [-0.25, -0.2) is 0 Å². The molecule has 0 aromatic carbocycles. The zero-order valence-electron chi connectivity index (χ0n) is 14.3. The Balaban J connectivity index is 2.48. The van der Waals surface area contributed by atoms with Gasteiger partial charge in [-0.15, -0.1) is 0 Å². The van der Waals surface area contributed by atoms with Gasteiger partial charge < -0.3 is 15.7 Å². The Hall–Kier alpha value is -0.420. The second-order valence-electron chi connectivity index (χ2n) is 7.37. The van der Waals surface area contributed by atoms with E-state index in [4.69, 9.17) is 0 Å². The third-order valence-electron chi connectivity index (χ3n) is 3.67. The third-order valence-corrected chi connectivity index (χ3v) is 4.90. The zero-order chi connectivity index (χ0) is 15.9. The molecule has 1 aliphatic heterocycles. The van der Waals surface area contributed by atoms with Crippen molar-refractivity contribution in [2.45, 2.75) is 65.5 Å². The van der Waals surface area contributed by atoms with E-state index in [0.29, 0.717) is 18.0 Å². The number of rotatable bonds is 6. The number of guanidine groups is 1. The summed E-state index contributed by atoms with van der Waals surface area (Å²) in [7, 11) is 0. The van der Waals surface area contributed by atoms with E-state index in [-0.39, 0.29) is 0 Å². The van der Waals surface area contributed by atoms with Crippen LogP contribution < -0.4 is 10.6 Å². The van der Waals surface area contributed by atoms with Crippen LogP contribution in [0.5, 0.6) is 0 Å².